The van der Waals surface area contributed by atoms with E-state index in [9.17, 15) is 18.0 Å². The number of nitrogens with one attached hydrogen (secondary N) is 1. The molecule has 1 fully saturated rings. The van der Waals surface area contributed by atoms with Gasteiger partial charge in [-0.3, -0.25) is 13.9 Å². The van der Waals surface area contributed by atoms with Crippen molar-refractivity contribution >= 4 is 39.1 Å². The molecule has 3 rings (SSSR count). The minimum absolute atomic E-state index is 0.102. The first kappa shape index (κ1) is 28.0. The number of para-hydroxylation sites is 1. The number of rotatable bonds is 10. The number of aryl methyl sites for hydroxylation is 1. The van der Waals surface area contributed by atoms with E-state index in [2.05, 4.69) is 5.32 Å². The van der Waals surface area contributed by atoms with Crippen molar-refractivity contribution in [3.05, 3.63) is 64.7 Å². The predicted molar refractivity (Wildman–Crippen MR) is 144 cm³/mol. The van der Waals surface area contributed by atoms with Crippen molar-refractivity contribution in [2.45, 2.75) is 71.0 Å². The second kappa shape index (κ2) is 12.6. The third-order valence-electron chi connectivity index (χ3n) is 6.71. The first-order valence-corrected chi connectivity index (χ1v) is 14.7. The summed E-state index contributed by atoms with van der Waals surface area (Å²) in [6.07, 6.45) is 6.89. The average molecular weight is 534 g/mol. The van der Waals surface area contributed by atoms with Gasteiger partial charge in [0.1, 0.15) is 12.6 Å². The smallest absolute Gasteiger partial charge is 0.244 e. The molecule has 2 amide bonds. The van der Waals surface area contributed by atoms with Crippen LogP contribution in [0.15, 0.2) is 48.5 Å². The Kier molecular flexibility index (Phi) is 9.79. The molecule has 0 saturated heterocycles. The first-order chi connectivity index (χ1) is 17.1. The zero-order valence-electron chi connectivity index (χ0n) is 21.2. The van der Waals surface area contributed by atoms with Crippen LogP contribution in [0.25, 0.3) is 0 Å². The van der Waals surface area contributed by atoms with Crippen molar-refractivity contribution < 1.29 is 18.0 Å². The summed E-state index contributed by atoms with van der Waals surface area (Å²) in [5.74, 6) is -0.684. The van der Waals surface area contributed by atoms with Crippen LogP contribution < -0.4 is 9.62 Å². The summed E-state index contributed by atoms with van der Waals surface area (Å²) in [5.41, 5.74) is 2.09. The molecular formula is C27H36ClN3O4S. The van der Waals surface area contributed by atoms with Gasteiger partial charge in [0.05, 0.1) is 11.9 Å². The maximum atomic E-state index is 13.7. The van der Waals surface area contributed by atoms with Crippen molar-refractivity contribution in [1.29, 1.82) is 0 Å². The zero-order valence-corrected chi connectivity index (χ0v) is 22.8. The maximum absolute atomic E-state index is 13.7. The van der Waals surface area contributed by atoms with Gasteiger partial charge < -0.3 is 10.2 Å². The molecule has 9 heteroatoms. The molecule has 0 radical (unpaired) electrons. The Hall–Kier alpha value is -2.58. The van der Waals surface area contributed by atoms with E-state index in [0.717, 1.165) is 47.4 Å². The van der Waals surface area contributed by atoms with Crippen LogP contribution in [0.4, 0.5) is 5.69 Å². The lowest BCUT2D eigenvalue weighted by Gasteiger charge is -2.33. The molecule has 1 atom stereocenters. The molecule has 0 aliphatic heterocycles. The lowest BCUT2D eigenvalue weighted by molar-refractivity contribution is -0.139. The number of sulfonamides is 1. The second-order valence-electron chi connectivity index (χ2n) is 9.42. The van der Waals surface area contributed by atoms with Crippen LogP contribution in [0.5, 0.6) is 0 Å². The van der Waals surface area contributed by atoms with Crippen molar-refractivity contribution in [1.82, 2.24) is 10.2 Å². The summed E-state index contributed by atoms with van der Waals surface area (Å²) in [7, 11) is -3.76. The fourth-order valence-corrected chi connectivity index (χ4v) is 5.59. The topological polar surface area (TPSA) is 86.8 Å². The van der Waals surface area contributed by atoms with Gasteiger partial charge >= 0.3 is 0 Å². The van der Waals surface area contributed by atoms with Crippen molar-refractivity contribution in [3.8, 4) is 0 Å². The van der Waals surface area contributed by atoms with Crippen LogP contribution >= 0.6 is 11.6 Å². The number of carbonyl (C=O) groups excluding carboxylic acids is 2. The van der Waals surface area contributed by atoms with Gasteiger partial charge in [0.25, 0.3) is 0 Å². The van der Waals surface area contributed by atoms with E-state index in [1.807, 2.05) is 19.1 Å². The molecular weight excluding hydrogens is 498 g/mol. The predicted octanol–water partition coefficient (Wildman–Crippen LogP) is 4.53. The van der Waals surface area contributed by atoms with Crippen LogP contribution in [0.1, 0.15) is 57.1 Å². The average Bonchev–Trinajstić information content (AvgIpc) is 2.86. The molecule has 1 N–H and O–H groups in total. The van der Waals surface area contributed by atoms with Gasteiger partial charge in [-0.2, -0.15) is 0 Å². The van der Waals surface area contributed by atoms with Crippen molar-refractivity contribution in [2.24, 2.45) is 0 Å². The first-order valence-electron chi connectivity index (χ1n) is 12.5. The summed E-state index contributed by atoms with van der Waals surface area (Å²) in [6.45, 7) is 3.38. The molecule has 0 aromatic heterocycles. The van der Waals surface area contributed by atoms with Gasteiger partial charge in [0.2, 0.25) is 21.8 Å². The highest BCUT2D eigenvalue weighted by molar-refractivity contribution is 7.92. The fourth-order valence-electron chi connectivity index (χ4n) is 4.59. The number of hydrogen-bond donors (Lipinski definition) is 1. The third-order valence-corrected chi connectivity index (χ3v) is 8.08. The molecule has 0 bridgehead atoms. The molecule has 36 heavy (non-hydrogen) atoms. The van der Waals surface area contributed by atoms with Gasteiger partial charge in [-0.05, 0) is 55.5 Å². The number of anilines is 1. The van der Waals surface area contributed by atoms with Crippen LogP contribution in [-0.2, 0) is 32.6 Å². The van der Waals surface area contributed by atoms with Crippen LogP contribution in [0.2, 0.25) is 5.02 Å². The minimum atomic E-state index is -3.76. The maximum Gasteiger partial charge on any atom is 0.244 e. The Bertz CT molecular complexity index is 1150. The van der Waals surface area contributed by atoms with Crippen LogP contribution in [0.3, 0.4) is 0 Å². The Morgan fingerprint density at radius 1 is 1.06 bits per heavy atom. The lowest BCUT2D eigenvalue weighted by atomic mass is 9.95. The molecule has 2 aromatic rings. The van der Waals surface area contributed by atoms with Gasteiger partial charge in [0.15, 0.2) is 0 Å². The largest absolute Gasteiger partial charge is 0.352 e. The molecule has 2 aromatic carbocycles. The van der Waals surface area contributed by atoms with E-state index in [4.69, 9.17) is 11.6 Å². The van der Waals surface area contributed by atoms with E-state index in [-0.39, 0.29) is 18.5 Å². The summed E-state index contributed by atoms with van der Waals surface area (Å²) in [4.78, 5) is 28.3. The number of hydrogen-bond acceptors (Lipinski definition) is 4. The van der Waals surface area contributed by atoms with E-state index in [1.165, 1.54) is 11.3 Å². The van der Waals surface area contributed by atoms with E-state index in [1.54, 1.807) is 43.3 Å². The van der Waals surface area contributed by atoms with Gasteiger partial charge in [-0.15, -0.1) is 0 Å². The minimum Gasteiger partial charge on any atom is -0.352 e. The number of carbonyl (C=O) groups is 2. The zero-order chi connectivity index (χ0) is 26.3. The quantitative estimate of drug-likeness (QED) is 0.486. The molecule has 0 spiro atoms. The summed E-state index contributed by atoms with van der Waals surface area (Å²) >= 11 is 6.03. The summed E-state index contributed by atoms with van der Waals surface area (Å²) < 4.78 is 26.7. The third kappa shape index (κ3) is 7.46. The number of benzene rings is 2. The normalized spacial score (nSPS) is 15.2. The van der Waals surface area contributed by atoms with Crippen molar-refractivity contribution in [3.63, 3.8) is 0 Å². The van der Waals surface area contributed by atoms with Crippen LogP contribution in [0, 0.1) is 0 Å². The molecule has 196 valence electrons. The second-order valence-corrected chi connectivity index (χ2v) is 11.8. The SMILES string of the molecule is CCc1ccccc1N(CC(=O)N(Cc1ccc(Cl)cc1)[C@@H](C)C(=O)NC1CCCCC1)S(C)(=O)=O. The van der Waals surface area contributed by atoms with E-state index >= 15 is 0 Å². The monoisotopic (exact) mass is 533 g/mol. The highest BCUT2D eigenvalue weighted by Crippen LogP contribution is 2.24. The Labute approximate surface area is 219 Å². The van der Waals surface area contributed by atoms with Gasteiger partial charge in [0, 0.05) is 17.6 Å². The molecule has 1 aliphatic carbocycles. The lowest BCUT2D eigenvalue weighted by Crippen LogP contribution is -2.53. The molecule has 7 nitrogen and oxygen atoms in total. The molecule has 0 heterocycles. The Balaban J connectivity index is 1.89. The Morgan fingerprint density at radius 2 is 1.69 bits per heavy atom. The van der Waals surface area contributed by atoms with E-state index in [0.29, 0.717) is 17.1 Å². The highest BCUT2D eigenvalue weighted by Gasteiger charge is 2.31. The number of nitrogens with zero attached hydrogens (tertiary/aromatic N) is 2. The molecule has 1 saturated carbocycles. The molecule has 1 aliphatic rings. The Morgan fingerprint density at radius 3 is 2.31 bits per heavy atom. The van der Waals surface area contributed by atoms with E-state index < -0.39 is 28.5 Å². The number of halogens is 1. The number of amides is 2. The summed E-state index contributed by atoms with van der Waals surface area (Å²) in [5, 5.41) is 3.67. The van der Waals surface area contributed by atoms with Crippen LogP contribution in [-0.4, -0.2) is 50.0 Å². The highest BCUT2D eigenvalue weighted by atomic mass is 35.5. The summed E-state index contributed by atoms with van der Waals surface area (Å²) in [6, 6.07) is 13.5. The fraction of sp³-hybridized carbons (Fsp3) is 0.481. The standard InChI is InChI=1S/C27H36ClN3O4S/c1-4-22-10-8-9-13-25(22)31(36(3,34)35)19-26(32)30(18-21-14-16-23(28)17-15-21)20(2)27(33)29-24-11-6-5-7-12-24/h8-10,13-17,20,24H,4-7,11-12,18-19H2,1-3H3,(H,29,33)/t20-/m0/s1. The van der Waals surface area contributed by atoms with Gasteiger partial charge in [-0.25, -0.2) is 8.42 Å². The van der Waals surface area contributed by atoms with Crippen molar-refractivity contribution in [2.75, 3.05) is 17.1 Å². The van der Waals surface area contributed by atoms with Gasteiger partial charge in [-0.1, -0.05) is 68.1 Å². The molecule has 0 unspecified atom stereocenters.